The van der Waals surface area contributed by atoms with Crippen molar-refractivity contribution in [2.24, 2.45) is 0 Å². The number of anilines is 1. The molecule has 0 saturated carbocycles. The summed E-state index contributed by atoms with van der Waals surface area (Å²) in [7, 11) is 0. The first kappa shape index (κ1) is 21.0. The zero-order valence-corrected chi connectivity index (χ0v) is 18.3. The molecule has 2 aliphatic heterocycles. The molecule has 0 spiro atoms. The summed E-state index contributed by atoms with van der Waals surface area (Å²) in [4.78, 5) is 41.0. The van der Waals surface area contributed by atoms with Gasteiger partial charge in [0.2, 0.25) is 5.91 Å². The van der Waals surface area contributed by atoms with E-state index in [9.17, 15) is 19.5 Å². The van der Waals surface area contributed by atoms with Gasteiger partial charge in [0.1, 0.15) is 11.8 Å². The fraction of sp³-hybridized carbons (Fsp3) is 0.160. The lowest BCUT2D eigenvalue weighted by Crippen LogP contribution is -2.51. The third kappa shape index (κ3) is 4.12. The van der Waals surface area contributed by atoms with Gasteiger partial charge in [-0.3, -0.25) is 14.4 Å². The molecule has 3 heterocycles. The molecule has 5 rings (SSSR count). The Kier molecular flexibility index (Phi) is 5.43. The van der Waals surface area contributed by atoms with Gasteiger partial charge in [-0.2, -0.15) is 0 Å². The van der Waals surface area contributed by atoms with E-state index >= 15 is 0 Å². The van der Waals surface area contributed by atoms with Gasteiger partial charge in [0, 0.05) is 6.54 Å². The van der Waals surface area contributed by atoms with Crippen LogP contribution >= 0.6 is 11.3 Å². The normalized spacial score (nSPS) is 19.7. The van der Waals surface area contributed by atoms with Crippen LogP contribution in [0.3, 0.4) is 0 Å². The van der Waals surface area contributed by atoms with Gasteiger partial charge in [0.15, 0.2) is 0 Å². The van der Waals surface area contributed by atoms with Gasteiger partial charge in [-0.1, -0.05) is 36.4 Å². The molecule has 0 unspecified atom stereocenters. The number of hydrogen-bond acceptors (Lipinski definition) is 5. The molecule has 0 aliphatic carbocycles. The fourth-order valence-corrected chi connectivity index (χ4v) is 4.86. The van der Waals surface area contributed by atoms with Gasteiger partial charge in [0.25, 0.3) is 11.8 Å². The monoisotopic (exact) mass is 459 g/mol. The number of hydrogen-bond donors (Lipinski definition) is 3. The summed E-state index contributed by atoms with van der Waals surface area (Å²) in [6, 6.07) is 14.4. The van der Waals surface area contributed by atoms with E-state index in [1.807, 2.05) is 23.6 Å². The lowest BCUT2D eigenvalue weighted by molar-refractivity contribution is -0.120. The van der Waals surface area contributed by atoms with E-state index in [4.69, 9.17) is 0 Å². The zero-order valence-electron chi connectivity index (χ0n) is 17.5. The number of amides is 3. The van der Waals surface area contributed by atoms with Crippen molar-refractivity contribution < 1.29 is 19.5 Å². The molecular formula is C25H21N3O4S. The lowest BCUT2D eigenvalue weighted by Gasteiger charge is -2.24. The number of nitrogens with one attached hydrogen (secondary N) is 2. The molecule has 3 N–H and O–H groups in total. The second-order valence-electron chi connectivity index (χ2n) is 8.01. The minimum atomic E-state index is -0.759. The van der Waals surface area contributed by atoms with Gasteiger partial charge in [-0.25, -0.2) is 0 Å². The van der Waals surface area contributed by atoms with E-state index in [-0.39, 0.29) is 23.5 Å². The van der Waals surface area contributed by atoms with Crippen molar-refractivity contribution in [3.63, 3.8) is 0 Å². The highest BCUT2D eigenvalue weighted by Gasteiger charge is 2.45. The SMILES string of the molecule is O=C(N[C@H]1CCN2C(=O)c3cc(/C=C/c4ccc(O)cc4)ccc3NC(=O)[C@H]12)c1cccs1. The van der Waals surface area contributed by atoms with E-state index in [1.54, 1.807) is 53.4 Å². The summed E-state index contributed by atoms with van der Waals surface area (Å²) in [5.74, 6) is -0.575. The summed E-state index contributed by atoms with van der Waals surface area (Å²) in [6.07, 6.45) is 4.27. The quantitative estimate of drug-likeness (QED) is 0.519. The van der Waals surface area contributed by atoms with Gasteiger partial charge in [-0.15, -0.1) is 11.3 Å². The molecule has 1 aromatic heterocycles. The summed E-state index contributed by atoms with van der Waals surface area (Å²) >= 11 is 1.33. The average Bonchev–Trinajstić information content (AvgIpc) is 3.47. The molecule has 166 valence electrons. The first-order valence-electron chi connectivity index (χ1n) is 10.6. The van der Waals surface area contributed by atoms with Crippen LogP contribution < -0.4 is 10.6 Å². The highest BCUT2D eigenvalue weighted by atomic mass is 32.1. The third-order valence-corrected chi connectivity index (χ3v) is 6.75. The van der Waals surface area contributed by atoms with Gasteiger partial charge in [-0.05, 0) is 53.3 Å². The molecule has 2 aromatic carbocycles. The number of nitrogens with zero attached hydrogens (tertiary/aromatic N) is 1. The Balaban J connectivity index is 1.38. The van der Waals surface area contributed by atoms with Crippen LogP contribution in [0, 0.1) is 0 Å². The Hall–Kier alpha value is -3.91. The number of benzene rings is 2. The van der Waals surface area contributed by atoms with Crippen LogP contribution in [0.4, 0.5) is 5.69 Å². The molecule has 2 aliphatic rings. The van der Waals surface area contributed by atoms with E-state index in [0.29, 0.717) is 29.1 Å². The van der Waals surface area contributed by atoms with Crippen LogP contribution in [0.25, 0.3) is 12.2 Å². The maximum atomic E-state index is 13.4. The molecule has 7 nitrogen and oxygen atoms in total. The van der Waals surface area contributed by atoms with E-state index in [2.05, 4.69) is 10.6 Å². The Morgan fingerprint density at radius 3 is 2.61 bits per heavy atom. The van der Waals surface area contributed by atoms with E-state index in [1.165, 1.54) is 11.3 Å². The van der Waals surface area contributed by atoms with Crippen molar-refractivity contribution in [1.29, 1.82) is 0 Å². The van der Waals surface area contributed by atoms with Gasteiger partial charge >= 0.3 is 0 Å². The second-order valence-corrected chi connectivity index (χ2v) is 8.96. The predicted octanol–water partition coefficient (Wildman–Crippen LogP) is 3.59. The highest BCUT2D eigenvalue weighted by molar-refractivity contribution is 7.12. The summed E-state index contributed by atoms with van der Waals surface area (Å²) in [5.41, 5.74) is 2.60. The third-order valence-electron chi connectivity index (χ3n) is 5.88. The number of phenols is 1. The first-order valence-corrected chi connectivity index (χ1v) is 11.4. The van der Waals surface area contributed by atoms with E-state index in [0.717, 1.165) is 11.1 Å². The molecule has 2 atom stereocenters. The predicted molar refractivity (Wildman–Crippen MR) is 127 cm³/mol. The molecule has 0 radical (unpaired) electrons. The summed E-state index contributed by atoms with van der Waals surface area (Å²) < 4.78 is 0. The topological polar surface area (TPSA) is 98.7 Å². The van der Waals surface area contributed by atoms with Crippen molar-refractivity contribution in [1.82, 2.24) is 10.2 Å². The van der Waals surface area contributed by atoms with Crippen molar-refractivity contribution in [3.05, 3.63) is 81.5 Å². The number of phenolic OH excluding ortho intramolecular Hbond substituents is 1. The molecule has 8 heteroatoms. The maximum absolute atomic E-state index is 13.4. The van der Waals surface area contributed by atoms with Crippen molar-refractivity contribution in [2.45, 2.75) is 18.5 Å². The smallest absolute Gasteiger partial charge is 0.261 e. The fourth-order valence-electron chi connectivity index (χ4n) is 4.23. The van der Waals surface area contributed by atoms with Crippen LogP contribution in [0.1, 0.15) is 37.6 Å². The number of carbonyl (C=O) groups is 3. The minimum Gasteiger partial charge on any atom is -0.508 e. The number of rotatable bonds is 4. The number of fused-ring (bicyclic) bond motifs is 2. The van der Waals surface area contributed by atoms with Crippen molar-refractivity contribution in [2.75, 3.05) is 11.9 Å². The van der Waals surface area contributed by atoms with E-state index < -0.39 is 12.1 Å². The molecule has 3 amide bonds. The van der Waals surface area contributed by atoms with Gasteiger partial charge < -0.3 is 20.6 Å². The molecule has 33 heavy (non-hydrogen) atoms. The maximum Gasteiger partial charge on any atom is 0.261 e. The first-order chi connectivity index (χ1) is 16.0. The second kappa shape index (κ2) is 8.55. The van der Waals surface area contributed by atoms with Crippen molar-refractivity contribution in [3.8, 4) is 5.75 Å². The van der Waals surface area contributed by atoms with Gasteiger partial charge in [0.05, 0.1) is 22.2 Å². The average molecular weight is 460 g/mol. The highest BCUT2D eigenvalue weighted by Crippen LogP contribution is 2.30. The lowest BCUT2D eigenvalue weighted by atomic mass is 10.1. The van der Waals surface area contributed by atoms with Crippen LogP contribution in [0.2, 0.25) is 0 Å². The number of aromatic hydroxyl groups is 1. The molecule has 1 saturated heterocycles. The minimum absolute atomic E-state index is 0.198. The molecule has 1 fully saturated rings. The number of thiophene rings is 1. The summed E-state index contributed by atoms with van der Waals surface area (Å²) in [6.45, 7) is 0.388. The molecule has 3 aromatic rings. The Morgan fingerprint density at radius 2 is 1.85 bits per heavy atom. The van der Waals surface area contributed by atoms with Crippen LogP contribution in [-0.2, 0) is 4.79 Å². The molecular weight excluding hydrogens is 438 g/mol. The standard InChI is InChI=1S/C25H21N3O4S/c29-17-8-5-15(6-9-17)3-4-16-7-10-19-18(14-16)25(32)28-12-11-20(22(28)24(31)26-19)27-23(30)21-2-1-13-33-21/h1-10,13-14,20,22,29H,11-12H2,(H,26,31)(H,27,30)/b4-3+/t20-,22-/m0/s1. The zero-order chi connectivity index (χ0) is 22.9. The Morgan fingerprint density at radius 1 is 1.09 bits per heavy atom. The Bertz CT molecular complexity index is 1250. The molecule has 0 bridgehead atoms. The van der Waals surface area contributed by atoms with Crippen molar-refractivity contribution >= 4 is 46.9 Å². The van der Waals surface area contributed by atoms with Crippen LogP contribution in [-0.4, -0.2) is 46.4 Å². The summed E-state index contributed by atoms with van der Waals surface area (Å²) in [5, 5.41) is 17.0. The Labute approximate surface area is 194 Å². The van der Waals surface area contributed by atoms with Crippen LogP contribution in [0.15, 0.2) is 60.0 Å². The van der Waals surface area contributed by atoms with Crippen LogP contribution in [0.5, 0.6) is 5.75 Å². The largest absolute Gasteiger partial charge is 0.508 e. The number of carbonyl (C=O) groups excluding carboxylic acids is 3.